The molecule has 0 saturated heterocycles. The molecule has 3 heteroatoms. The molecule has 0 saturated carbocycles. The molecule has 0 spiro atoms. The van der Waals surface area contributed by atoms with Crippen molar-refractivity contribution in [2.24, 2.45) is 0 Å². The van der Waals surface area contributed by atoms with Crippen molar-refractivity contribution in [3.63, 3.8) is 0 Å². The Hall–Kier alpha value is -7.36. The molecule has 0 aliphatic carbocycles. The molecule has 11 rings (SSSR count). The molecule has 0 bridgehead atoms. The largest absolute Gasteiger partial charge is 0.278 e. The molecule has 55 heavy (non-hydrogen) atoms. The highest BCUT2D eigenvalue weighted by Gasteiger charge is 2.20. The second kappa shape index (κ2) is 12.6. The summed E-state index contributed by atoms with van der Waals surface area (Å²) < 4.78 is 2.25. The number of fused-ring (bicyclic) bond motifs is 6. The first kappa shape index (κ1) is 31.2. The number of hydrogen-bond donors (Lipinski definition) is 0. The van der Waals surface area contributed by atoms with Crippen molar-refractivity contribution in [1.82, 2.24) is 14.5 Å². The van der Waals surface area contributed by atoms with Crippen molar-refractivity contribution in [3.8, 4) is 50.6 Å². The van der Waals surface area contributed by atoms with Crippen LogP contribution in [0.2, 0.25) is 0 Å². The summed E-state index contributed by atoms with van der Waals surface area (Å²) in [5.74, 6) is 0.649. The Labute approximate surface area is 318 Å². The number of hydrogen-bond acceptors (Lipinski definition) is 2. The molecule has 0 aliphatic heterocycles. The van der Waals surface area contributed by atoms with Crippen LogP contribution in [0.15, 0.2) is 200 Å². The minimum Gasteiger partial charge on any atom is -0.278 e. The Balaban J connectivity index is 1.22. The normalized spacial score (nSPS) is 11.6. The highest BCUT2D eigenvalue weighted by molar-refractivity contribution is 6.13. The van der Waals surface area contributed by atoms with E-state index in [-0.39, 0.29) is 0 Å². The molecule has 11 aromatic rings. The van der Waals surface area contributed by atoms with Crippen molar-refractivity contribution in [3.05, 3.63) is 200 Å². The van der Waals surface area contributed by atoms with Gasteiger partial charge in [0.1, 0.15) is 0 Å². The van der Waals surface area contributed by atoms with Gasteiger partial charge in [-0.25, -0.2) is 9.97 Å². The van der Waals surface area contributed by atoms with E-state index >= 15 is 0 Å². The van der Waals surface area contributed by atoms with Gasteiger partial charge in [0, 0.05) is 21.7 Å². The van der Waals surface area contributed by atoms with Crippen LogP contribution in [0.5, 0.6) is 0 Å². The molecule has 0 amide bonds. The Morgan fingerprint density at radius 2 is 0.855 bits per heavy atom. The number of nitrogens with zero attached hydrogens (tertiary/aromatic N) is 3. The number of aromatic nitrogens is 3. The van der Waals surface area contributed by atoms with Gasteiger partial charge >= 0.3 is 0 Å². The van der Waals surface area contributed by atoms with Crippen LogP contribution < -0.4 is 0 Å². The lowest BCUT2D eigenvalue weighted by atomic mass is 9.90. The molecule has 0 fully saturated rings. The maximum absolute atomic E-state index is 5.54. The molecule has 3 nitrogen and oxygen atoms in total. The Morgan fingerprint density at radius 1 is 0.309 bits per heavy atom. The first-order valence-corrected chi connectivity index (χ1v) is 18.7. The van der Waals surface area contributed by atoms with E-state index < -0.39 is 0 Å². The van der Waals surface area contributed by atoms with Gasteiger partial charge in [-0.05, 0) is 91.3 Å². The van der Waals surface area contributed by atoms with Crippen molar-refractivity contribution < 1.29 is 0 Å². The minimum absolute atomic E-state index is 0.649. The van der Waals surface area contributed by atoms with E-state index in [1.807, 2.05) is 0 Å². The second-order valence-electron chi connectivity index (χ2n) is 14.2. The summed E-state index contributed by atoms with van der Waals surface area (Å²) in [5.41, 5.74) is 12.0. The van der Waals surface area contributed by atoms with E-state index in [2.05, 4.69) is 205 Å². The Bertz CT molecular complexity index is 3230. The van der Waals surface area contributed by atoms with E-state index in [1.54, 1.807) is 0 Å². The molecule has 2 heterocycles. The molecule has 0 aliphatic rings. The van der Waals surface area contributed by atoms with E-state index in [0.29, 0.717) is 5.95 Å². The summed E-state index contributed by atoms with van der Waals surface area (Å²) >= 11 is 0. The second-order valence-corrected chi connectivity index (χ2v) is 14.2. The van der Waals surface area contributed by atoms with Gasteiger partial charge in [-0.15, -0.1) is 0 Å². The van der Waals surface area contributed by atoms with Gasteiger partial charge in [-0.1, -0.05) is 164 Å². The molecule has 0 N–H and O–H groups in total. The van der Waals surface area contributed by atoms with Crippen LogP contribution in [-0.2, 0) is 0 Å². The smallest absolute Gasteiger partial charge is 0.235 e. The summed E-state index contributed by atoms with van der Waals surface area (Å²) in [6, 6.07) is 71.7. The predicted octanol–water partition coefficient (Wildman–Crippen LogP) is 13.7. The highest BCUT2D eigenvalue weighted by atomic mass is 15.2. The number of para-hydroxylation sites is 1. The fourth-order valence-corrected chi connectivity index (χ4v) is 8.26. The van der Waals surface area contributed by atoms with Crippen LogP contribution in [-0.4, -0.2) is 14.5 Å². The zero-order valence-electron chi connectivity index (χ0n) is 29.9. The van der Waals surface area contributed by atoms with Crippen LogP contribution in [0.1, 0.15) is 0 Å². The highest BCUT2D eigenvalue weighted by Crippen LogP contribution is 2.41. The first-order chi connectivity index (χ1) is 27.2. The van der Waals surface area contributed by atoms with Crippen LogP contribution in [0.4, 0.5) is 0 Å². The van der Waals surface area contributed by atoms with E-state index in [4.69, 9.17) is 9.97 Å². The Morgan fingerprint density at radius 3 is 1.62 bits per heavy atom. The molecule has 0 atom stereocenters. The first-order valence-electron chi connectivity index (χ1n) is 18.7. The van der Waals surface area contributed by atoms with Gasteiger partial charge < -0.3 is 0 Å². The third-order valence-electron chi connectivity index (χ3n) is 11.0. The molecule has 9 aromatic carbocycles. The van der Waals surface area contributed by atoms with Crippen LogP contribution >= 0.6 is 0 Å². The number of rotatable bonds is 5. The standard InChI is InChI=1S/C52H33N3/c1-3-13-34(14-4-1)36-23-26-38(27-24-36)44-32-47-48(33-45(44)37-16-5-2-6-17-37)53-52(54-51(47)42-28-25-35-15-7-8-18-39(35)29-42)55-49-22-12-11-21-43(49)46-30-40-19-9-10-20-41(40)31-50(46)55/h1-33H. The third-order valence-corrected chi connectivity index (χ3v) is 11.0. The van der Waals surface area contributed by atoms with Gasteiger partial charge in [0.15, 0.2) is 0 Å². The minimum atomic E-state index is 0.649. The number of benzene rings is 9. The van der Waals surface area contributed by atoms with Gasteiger partial charge in [-0.2, -0.15) is 0 Å². The monoisotopic (exact) mass is 699 g/mol. The lowest BCUT2D eigenvalue weighted by Crippen LogP contribution is -2.04. The van der Waals surface area contributed by atoms with Gasteiger partial charge in [0.25, 0.3) is 0 Å². The Kier molecular flexibility index (Phi) is 7.17. The molecular weight excluding hydrogens is 667 g/mol. The van der Waals surface area contributed by atoms with E-state index in [1.165, 1.54) is 43.4 Å². The van der Waals surface area contributed by atoms with Crippen LogP contribution in [0, 0.1) is 0 Å². The zero-order valence-corrected chi connectivity index (χ0v) is 29.9. The molecule has 256 valence electrons. The maximum atomic E-state index is 5.54. The van der Waals surface area contributed by atoms with Gasteiger partial charge in [-0.3, -0.25) is 4.57 Å². The fourth-order valence-electron chi connectivity index (χ4n) is 8.26. The zero-order chi connectivity index (χ0) is 36.3. The summed E-state index contributed by atoms with van der Waals surface area (Å²) in [6.07, 6.45) is 0. The summed E-state index contributed by atoms with van der Waals surface area (Å²) in [4.78, 5) is 11.0. The average Bonchev–Trinajstić information content (AvgIpc) is 3.58. The molecule has 2 aromatic heterocycles. The summed E-state index contributed by atoms with van der Waals surface area (Å²) in [6.45, 7) is 0. The molecular formula is C52H33N3. The lowest BCUT2D eigenvalue weighted by molar-refractivity contribution is 1.01. The van der Waals surface area contributed by atoms with Crippen LogP contribution in [0.25, 0.3) is 105 Å². The van der Waals surface area contributed by atoms with Crippen molar-refractivity contribution in [1.29, 1.82) is 0 Å². The predicted molar refractivity (Wildman–Crippen MR) is 231 cm³/mol. The summed E-state index contributed by atoms with van der Waals surface area (Å²) in [7, 11) is 0. The molecule has 0 unspecified atom stereocenters. The van der Waals surface area contributed by atoms with Gasteiger partial charge in [0.2, 0.25) is 5.95 Å². The topological polar surface area (TPSA) is 30.7 Å². The SMILES string of the molecule is c1ccc(-c2ccc(-c3cc4c(-c5ccc6ccccc6c5)nc(-n5c6ccccc6c6cc7ccccc7cc65)nc4cc3-c3ccccc3)cc2)cc1. The van der Waals surface area contributed by atoms with Crippen LogP contribution in [0.3, 0.4) is 0 Å². The van der Waals surface area contributed by atoms with E-state index in [9.17, 15) is 0 Å². The molecule has 0 radical (unpaired) electrons. The summed E-state index contributed by atoms with van der Waals surface area (Å²) in [5, 5.41) is 8.14. The average molecular weight is 700 g/mol. The van der Waals surface area contributed by atoms with Crippen molar-refractivity contribution in [2.45, 2.75) is 0 Å². The van der Waals surface area contributed by atoms with Crippen molar-refractivity contribution >= 4 is 54.3 Å². The maximum Gasteiger partial charge on any atom is 0.235 e. The van der Waals surface area contributed by atoms with E-state index in [0.717, 1.165) is 55.4 Å². The van der Waals surface area contributed by atoms with Gasteiger partial charge in [0.05, 0.1) is 22.2 Å². The van der Waals surface area contributed by atoms with Crippen molar-refractivity contribution in [2.75, 3.05) is 0 Å². The fraction of sp³-hybridized carbons (Fsp3) is 0. The quantitative estimate of drug-likeness (QED) is 0.179. The lowest BCUT2D eigenvalue weighted by Gasteiger charge is -2.17. The third kappa shape index (κ3) is 5.28.